The van der Waals surface area contributed by atoms with Crippen LogP contribution in [0.2, 0.25) is 39.3 Å². The first-order valence-electron chi connectivity index (χ1n) is 6.45. The summed E-state index contributed by atoms with van der Waals surface area (Å²) in [5.41, 5.74) is 0.959. The van der Waals surface area contributed by atoms with Gasteiger partial charge in [0, 0.05) is 11.8 Å². The Morgan fingerprint density at radius 3 is 2.16 bits per heavy atom. The van der Waals surface area contributed by atoms with Gasteiger partial charge in [-0.05, 0) is 45.7 Å². The minimum absolute atomic E-state index is 0.417. The molecule has 0 N–H and O–H groups in total. The van der Waals surface area contributed by atoms with Gasteiger partial charge in [0.05, 0.1) is 0 Å². The van der Waals surface area contributed by atoms with Gasteiger partial charge < -0.3 is 8.85 Å². The summed E-state index contributed by atoms with van der Waals surface area (Å²) >= 11 is 0. The van der Waals surface area contributed by atoms with Crippen LogP contribution in [0.25, 0.3) is 0 Å². The van der Waals surface area contributed by atoms with Crippen LogP contribution in [0, 0.1) is 0 Å². The molecular weight excluding hydrogens is 272 g/mol. The first kappa shape index (κ1) is 15.9. The zero-order valence-corrected chi connectivity index (χ0v) is 14.8. The molecule has 0 aliphatic rings. The standard InChI is InChI=1S/C13H24N2O2Si2/c1-8-9-11-10-14-13(17-19(5,6)7)15-12(11)16-18(2,3)4/h8,10H,1,9H2,2-7H3. The Morgan fingerprint density at radius 2 is 1.68 bits per heavy atom. The molecular formula is C13H24N2O2Si2. The van der Waals surface area contributed by atoms with Crippen molar-refractivity contribution in [3.63, 3.8) is 0 Å². The highest BCUT2D eigenvalue weighted by molar-refractivity contribution is 6.70. The van der Waals surface area contributed by atoms with Crippen LogP contribution in [0.3, 0.4) is 0 Å². The van der Waals surface area contributed by atoms with Crippen molar-refractivity contribution < 1.29 is 8.85 Å². The number of rotatable bonds is 6. The third kappa shape index (κ3) is 6.02. The Kier molecular flexibility index (Phi) is 4.92. The van der Waals surface area contributed by atoms with Crippen molar-refractivity contribution >= 4 is 16.6 Å². The van der Waals surface area contributed by atoms with Crippen LogP contribution in [-0.4, -0.2) is 26.6 Å². The first-order valence-corrected chi connectivity index (χ1v) is 13.3. The zero-order valence-electron chi connectivity index (χ0n) is 12.8. The quantitative estimate of drug-likeness (QED) is 0.594. The lowest BCUT2D eigenvalue weighted by atomic mass is 10.2. The molecule has 19 heavy (non-hydrogen) atoms. The molecule has 0 aliphatic carbocycles. The number of aromatic nitrogens is 2. The maximum atomic E-state index is 6.02. The molecule has 0 amide bonds. The summed E-state index contributed by atoms with van der Waals surface area (Å²) in [4.78, 5) is 8.69. The molecule has 0 spiro atoms. The van der Waals surface area contributed by atoms with Crippen molar-refractivity contribution in [1.29, 1.82) is 0 Å². The first-order chi connectivity index (χ1) is 8.61. The minimum atomic E-state index is -1.71. The Morgan fingerprint density at radius 1 is 1.11 bits per heavy atom. The van der Waals surface area contributed by atoms with E-state index >= 15 is 0 Å². The van der Waals surface area contributed by atoms with E-state index in [4.69, 9.17) is 8.85 Å². The Hall–Kier alpha value is -1.15. The molecule has 0 atom stereocenters. The summed E-state index contributed by atoms with van der Waals surface area (Å²) in [5.74, 6) is 0.641. The van der Waals surface area contributed by atoms with Crippen molar-refractivity contribution in [3.05, 3.63) is 24.4 Å². The van der Waals surface area contributed by atoms with Crippen molar-refractivity contribution in [3.8, 4) is 11.9 Å². The lowest BCUT2D eigenvalue weighted by Crippen LogP contribution is -2.32. The second-order valence-electron chi connectivity index (χ2n) is 6.40. The van der Waals surface area contributed by atoms with Crippen LogP contribution < -0.4 is 8.85 Å². The Balaban J connectivity index is 3.07. The lowest BCUT2D eigenvalue weighted by molar-refractivity contribution is 0.471. The van der Waals surface area contributed by atoms with Gasteiger partial charge in [-0.3, -0.25) is 0 Å². The van der Waals surface area contributed by atoms with Gasteiger partial charge in [-0.15, -0.1) is 6.58 Å². The number of hydrogen-bond donors (Lipinski definition) is 0. The largest absolute Gasteiger partial charge is 0.531 e. The second kappa shape index (κ2) is 5.87. The molecule has 0 unspecified atom stereocenters. The molecule has 6 heteroatoms. The monoisotopic (exact) mass is 296 g/mol. The van der Waals surface area contributed by atoms with Crippen LogP contribution >= 0.6 is 0 Å². The summed E-state index contributed by atoms with van der Waals surface area (Å²) in [6, 6.07) is 0.417. The van der Waals surface area contributed by atoms with E-state index < -0.39 is 16.6 Å². The molecule has 4 nitrogen and oxygen atoms in total. The fraction of sp³-hybridized carbons (Fsp3) is 0.538. The normalized spacial score (nSPS) is 12.1. The summed E-state index contributed by atoms with van der Waals surface area (Å²) in [5, 5.41) is 0. The predicted molar refractivity (Wildman–Crippen MR) is 83.9 cm³/mol. The molecule has 0 bridgehead atoms. The number of hydrogen-bond acceptors (Lipinski definition) is 4. The molecule has 0 radical (unpaired) electrons. The number of nitrogens with zero attached hydrogens (tertiary/aromatic N) is 2. The highest BCUT2D eigenvalue weighted by Gasteiger charge is 2.22. The van der Waals surface area contributed by atoms with Gasteiger partial charge in [-0.25, -0.2) is 4.98 Å². The molecule has 0 aliphatic heterocycles. The van der Waals surface area contributed by atoms with Gasteiger partial charge in [0.15, 0.2) is 0 Å². The van der Waals surface area contributed by atoms with Crippen molar-refractivity contribution in [2.75, 3.05) is 0 Å². The van der Waals surface area contributed by atoms with Gasteiger partial charge in [0.2, 0.25) is 22.5 Å². The third-order valence-corrected chi connectivity index (χ3v) is 3.57. The van der Waals surface area contributed by atoms with Crippen LogP contribution in [0.1, 0.15) is 5.56 Å². The molecule has 1 heterocycles. The van der Waals surface area contributed by atoms with E-state index in [1.807, 2.05) is 6.08 Å². The van der Waals surface area contributed by atoms with Crippen LogP contribution in [0.5, 0.6) is 11.9 Å². The molecule has 1 aromatic rings. The summed E-state index contributed by atoms with van der Waals surface area (Å²) in [6.45, 7) is 16.5. The molecule has 1 rings (SSSR count). The fourth-order valence-corrected chi connectivity index (χ4v) is 2.78. The summed E-state index contributed by atoms with van der Waals surface area (Å²) in [6.07, 6.45) is 4.31. The molecule has 1 aromatic heterocycles. The van der Waals surface area contributed by atoms with Gasteiger partial charge >= 0.3 is 6.01 Å². The van der Waals surface area contributed by atoms with Crippen molar-refractivity contribution in [1.82, 2.24) is 9.97 Å². The SMILES string of the molecule is C=CCc1cnc(O[Si](C)(C)C)nc1O[Si](C)(C)C. The van der Waals surface area contributed by atoms with Crippen molar-refractivity contribution in [2.24, 2.45) is 0 Å². The highest BCUT2D eigenvalue weighted by atomic mass is 28.4. The maximum Gasteiger partial charge on any atom is 0.305 e. The van der Waals surface area contributed by atoms with E-state index in [0.717, 1.165) is 5.56 Å². The molecule has 0 saturated heterocycles. The number of allylic oxidation sites excluding steroid dienone is 1. The van der Waals surface area contributed by atoms with E-state index in [9.17, 15) is 0 Å². The topological polar surface area (TPSA) is 44.2 Å². The molecule has 0 aromatic carbocycles. The van der Waals surface area contributed by atoms with E-state index in [2.05, 4.69) is 55.8 Å². The Labute approximate surface area is 118 Å². The Bertz CT molecular complexity index is 451. The average molecular weight is 297 g/mol. The van der Waals surface area contributed by atoms with E-state index in [-0.39, 0.29) is 0 Å². The predicted octanol–water partition coefficient (Wildman–Crippen LogP) is 3.63. The van der Waals surface area contributed by atoms with Crippen molar-refractivity contribution in [2.45, 2.75) is 45.7 Å². The highest BCUT2D eigenvalue weighted by Crippen LogP contribution is 2.23. The molecule has 0 saturated carbocycles. The summed E-state index contributed by atoms with van der Waals surface area (Å²) < 4.78 is 11.8. The molecule has 106 valence electrons. The maximum absolute atomic E-state index is 6.02. The fourth-order valence-electron chi connectivity index (χ4n) is 1.37. The van der Waals surface area contributed by atoms with Gasteiger partial charge in [0.25, 0.3) is 0 Å². The van der Waals surface area contributed by atoms with E-state index in [0.29, 0.717) is 18.3 Å². The average Bonchev–Trinajstić information content (AvgIpc) is 2.17. The van der Waals surface area contributed by atoms with E-state index in [1.165, 1.54) is 0 Å². The molecule has 0 fully saturated rings. The smallest absolute Gasteiger partial charge is 0.305 e. The second-order valence-corrected chi connectivity index (χ2v) is 15.3. The lowest BCUT2D eigenvalue weighted by Gasteiger charge is -2.22. The van der Waals surface area contributed by atoms with Crippen LogP contribution in [0.4, 0.5) is 0 Å². The van der Waals surface area contributed by atoms with E-state index in [1.54, 1.807) is 6.20 Å². The van der Waals surface area contributed by atoms with Gasteiger partial charge in [-0.2, -0.15) is 4.98 Å². The zero-order chi connectivity index (χ0) is 14.7. The van der Waals surface area contributed by atoms with Crippen LogP contribution in [-0.2, 0) is 6.42 Å². The van der Waals surface area contributed by atoms with Crippen LogP contribution in [0.15, 0.2) is 18.9 Å². The summed E-state index contributed by atoms with van der Waals surface area (Å²) in [7, 11) is -3.41. The van der Waals surface area contributed by atoms with Gasteiger partial charge in [-0.1, -0.05) is 6.08 Å². The van der Waals surface area contributed by atoms with Gasteiger partial charge in [0.1, 0.15) is 0 Å². The third-order valence-electron chi connectivity index (χ3n) is 1.97. The minimum Gasteiger partial charge on any atom is -0.531 e.